The quantitative estimate of drug-likeness (QED) is 0.229. The van der Waals surface area contributed by atoms with Crippen molar-refractivity contribution in [1.29, 1.82) is 0 Å². The minimum atomic E-state index is -1.82. The predicted molar refractivity (Wildman–Crippen MR) is 146 cm³/mol. The van der Waals surface area contributed by atoms with E-state index in [1.165, 1.54) is 38.5 Å². The van der Waals surface area contributed by atoms with Crippen LogP contribution in [0, 0.1) is 0 Å². The summed E-state index contributed by atoms with van der Waals surface area (Å²) in [6.07, 6.45) is 10.1. The van der Waals surface area contributed by atoms with Crippen molar-refractivity contribution in [3.63, 3.8) is 0 Å². The van der Waals surface area contributed by atoms with E-state index >= 15 is 0 Å². The summed E-state index contributed by atoms with van der Waals surface area (Å²) in [6.45, 7) is 1.44. The number of rotatable bonds is 2. The largest absolute Gasteiger partial charge is 0.452 e. The lowest BCUT2D eigenvalue weighted by Gasteiger charge is -2.29. The number of aliphatic hydroxyl groups excluding tert-OH is 5. The van der Waals surface area contributed by atoms with Gasteiger partial charge in [0.2, 0.25) is 0 Å². The number of hydrogen-bond acceptors (Lipinski definition) is 8. The standard InChI is InChI=1S/C29H53NO8/c1-2-18-24-29(37)30-21-23(32)27(35)28(36)26(34)22(31)19-16-14-12-10-8-6-4-3-5-7-9-11-13-15-17-20-25(33)38-24/h14,16,22-24,26-28,31-32,34-36H,2-13,15,17-21H2,1H3,(H,30,37)/b16-14+/t22-,23+,24-,26-,27+,28+/m0/s1. The molecule has 222 valence electrons. The Morgan fingerprint density at radius 3 is 1.84 bits per heavy atom. The molecule has 0 saturated carbocycles. The van der Waals surface area contributed by atoms with E-state index in [1.807, 2.05) is 13.0 Å². The molecule has 38 heavy (non-hydrogen) atoms. The Morgan fingerprint density at radius 1 is 0.737 bits per heavy atom. The van der Waals surface area contributed by atoms with Gasteiger partial charge in [-0.25, -0.2) is 0 Å². The number of carbonyl (C=O) groups excluding carboxylic acids is 2. The SMILES string of the molecule is CCC[C@@H]1OC(=O)CCCCCCCCCCCCCC/C=C/C[C@H](O)[C@H](O)[C@@H](O)[C@H](O)[C@H](O)CNC1=O. The molecule has 1 heterocycles. The van der Waals surface area contributed by atoms with E-state index in [0.29, 0.717) is 19.3 Å². The molecule has 0 radical (unpaired) electrons. The molecule has 1 aliphatic rings. The van der Waals surface area contributed by atoms with E-state index < -0.39 is 55.0 Å². The zero-order valence-electron chi connectivity index (χ0n) is 23.3. The van der Waals surface area contributed by atoms with Crippen LogP contribution in [0.1, 0.15) is 116 Å². The van der Waals surface area contributed by atoms with Crippen molar-refractivity contribution < 1.29 is 39.9 Å². The van der Waals surface area contributed by atoms with Gasteiger partial charge >= 0.3 is 5.97 Å². The zero-order valence-corrected chi connectivity index (χ0v) is 23.3. The molecule has 0 spiro atoms. The minimum absolute atomic E-state index is 0.0991. The Morgan fingerprint density at radius 2 is 1.26 bits per heavy atom. The van der Waals surface area contributed by atoms with Crippen LogP contribution in [0.4, 0.5) is 0 Å². The molecular formula is C29H53NO8. The van der Waals surface area contributed by atoms with E-state index in [-0.39, 0.29) is 12.8 Å². The number of aliphatic hydroxyl groups is 5. The third-order valence-electron chi connectivity index (χ3n) is 7.14. The van der Waals surface area contributed by atoms with E-state index in [1.54, 1.807) is 6.08 Å². The molecule has 0 aromatic rings. The number of esters is 1. The molecule has 0 bridgehead atoms. The van der Waals surface area contributed by atoms with Gasteiger partial charge in [0.05, 0.1) is 12.2 Å². The third kappa shape index (κ3) is 15.2. The molecular weight excluding hydrogens is 490 g/mol. The number of ether oxygens (including phenoxy) is 1. The maximum absolute atomic E-state index is 12.6. The summed E-state index contributed by atoms with van der Waals surface area (Å²) in [5.41, 5.74) is 0. The van der Waals surface area contributed by atoms with E-state index in [0.717, 1.165) is 38.5 Å². The van der Waals surface area contributed by atoms with Crippen LogP contribution in [0.3, 0.4) is 0 Å². The molecule has 1 amide bonds. The highest BCUT2D eigenvalue weighted by Gasteiger charge is 2.34. The second-order valence-electron chi connectivity index (χ2n) is 10.6. The fraction of sp³-hybridized carbons (Fsp3) is 0.862. The third-order valence-corrected chi connectivity index (χ3v) is 7.14. The summed E-state index contributed by atoms with van der Waals surface area (Å²) < 4.78 is 5.37. The average Bonchev–Trinajstić information content (AvgIpc) is 2.90. The van der Waals surface area contributed by atoms with E-state index in [2.05, 4.69) is 5.32 Å². The van der Waals surface area contributed by atoms with Gasteiger partial charge in [-0.3, -0.25) is 9.59 Å². The van der Waals surface area contributed by atoms with Gasteiger partial charge in [0, 0.05) is 13.0 Å². The lowest BCUT2D eigenvalue weighted by Crippen LogP contribution is -2.52. The number of amides is 1. The molecule has 0 aliphatic carbocycles. The maximum atomic E-state index is 12.6. The van der Waals surface area contributed by atoms with Crippen LogP contribution in [0.2, 0.25) is 0 Å². The summed E-state index contributed by atoms with van der Waals surface area (Å²) in [5, 5.41) is 53.6. The Bertz CT molecular complexity index is 658. The van der Waals surface area contributed by atoms with Gasteiger partial charge in [-0.1, -0.05) is 89.7 Å². The number of hydrogen-bond donors (Lipinski definition) is 6. The van der Waals surface area contributed by atoms with Crippen molar-refractivity contribution in [2.24, 2.45) is 0 Å². The van der Waals surface area contributed by atoms with Crippen LogP contribution in [0.5, 0.6) is 0 Å². The Labute approximate surface area is 228 Å². The second-order valence-corrected chi connectivity index (χ2v) is 10.6. The summed E-state index contributed by atoms with van der Waals surface area (Å²) >= 11 is 0. The van der Waals surface area contributed by atoms with Crippen molar-refractivity contribution in [2.45, 2.75) is 153 Å². The minimum Gasteiger partial charge on any atom is -0.452 e. The molecule has 6 atom stereocenters. The fourth-order valence-electron chi connectivity index (χ4n) is 4.61. The second kappa shape index (κ2) is 21.3. The first-order valence-electron chi connectivity index (χ1n) is 14.8. The highest BCUT2D eigenvalue weighted by Crippen LogP contribution is 2.15. The lowest BCUT2D eigenvalue weighted by molar-refractivity contribution is -0.157. The maximum Gasteiger partial charge on any atom is 0.306 e. The molecule has 0 aromatic carbocycles. The average molecular weight is 544 g/mol. The van der Waals surface area contributed by atoms with Gasteiger partial charge in [0.25, 0.3) is 5.91 Å². The van der Waals surface area contributed by atoms with Crippen molar-refractivity contribution in [1.82, 2.24) is 5.32 Å². The topological polar surface area (TPSA) is 157 Å². The van der Waals surface area contributed by atoms with Crippen LogP contribution in [0.25, 0.3) is 0 Å². The molecule has 9 nitrogen and oxygen atoms in total. The van der Waals surface area contributed by atoms with Gasteiger partial charge in [-0.15, -0.1) is 0 Å². The molecule has 6 N–H and O–H groups in total. The number of carbonyl (C=O) groups is 2. The number of allylic oxidation sites excluding steroid dienone is 1. The van der Waals surface area contributed by atoms with Gasteiger partial charge < -0.3 is 35.6 Å². The summed E-state index contributed by atoms with van der Waals surface area (Å²) in [4.78, 5) is 24.8. The molecule has 1 aliphatic heterocycles. The van der Waals surface area contributed by atoms with Crippen molar-refractivity contribution in [2.75, 3.05) is 6.54 Å². The van der Waals surface area contributed by atoms with Gasteiger partial charge in [-0.05, 0) is 32.1 Å². The van der Waals surface area contributed by atoms with Gasteiger partial charge in [-0.2, -0.15) is 0 Å². The van der Waals surface area contributed by atoms with Crippen molar-refractivity contribution in [3.05, 3.63) is 12.2 Å². The van der Waals surface area contributed by atoms with Gasteiger partial charge in [0.15, 0.2) is 6.10 Å². The first-order chi connectivity index (χ1) is 18.3. The predicted octanol–water partition coefficient (Wildman–Crippen LogP) is 3.04. The Balaban J connectivity index is 2.69. The van der Waals surface area contributed by atoms with Crippen molar-refractivity contribution in [3.8, 4) is 0 Å². The van der Waals surface area contributed by atoms with E-state index in [4.69, 9.17) is 4.74 Å². The zero-order chi connectivity index (χ0) is 28.2. The molecule has 0 fully saturated rings. The molecule has 0 saturated heterocycles. The van der Waals surface area contributed by atoms with Crippen LogP contribution < -0.4 is 5.32 Å². The monoisotopic (exact) mass is 543 g/mol. The normalized spacial score (nSPS) is 32.8. The fourth-order valence-corrected chi connectivity index (χ4v) is 4.61. The van der Waals surface area contributed by atoms with E-state index in [9.17, 15) is 35.1 Å². The number of β-amino-alcohol motifs (C(OH)–C–C–N with tert-alkyl or cyclic N) is 1. The van der Waals surface area contributed by atoms with Crippen LogP contribution in [0.15, 0.2) is 12.2 Å². The summed E-state index contributed by atoms with van der Waals surface area (Å²) in [5.74, 6) is -1.03. The van der Waals surface area contributed by atoms with Crippen LogP contribution in [-0.4, -0.2) is 80.6 Å². The first kappa shape index (κ1) is 34.5. The molecule has 9 heteroatoms. The van der Waals surface area contributed by atoms with Crippen LogP contribution in [-0.2, 0) is 14.3 Å². The molecule has 0 unspecified atom stereocenters. The molecule has 1 rings (SSSR count). The Hall–Kier alpha value is -1.52. The summed E-state index contributed by atoms with van der Waals surface area (Å²) in [7, 11) is 0. The first-order valence-corrected chi connectivity index (χ1v) is 14.8. The Kier molecular flexibility index (Phi) is 19.4. The smallest absolute Gasteiger partial charge is 0.306 e. The van der Waals surface area contributed by atoms with Gasteiger partial charge in [0.1, 0.15) is 18.3 Å². The number of cyclic esters (lactones) is 1. The molecule has 0 aromatic heterocycles. The van der Waals surface area contributed by atoms with Crippen molar-refractivity contribution >= 4 is 11.9 Å². The highest BCUT2D eigenvalue weighted by atomic mass is 16.5. The summed E-state index contributed by atoms with van der Waals surface area (Å²) in [6, 6.07) is 0. The van der Waals surface area contributed by atoms with Crippen LogP contribution >= 0.6 is 0 Å². The highest BCUT2D eigenvalue weighted by molar-refractivity contribution is 5.83. The lowest BCUT2D eigenvalue weighted by atomic mass is 9.97. The number of nitrogens with one attached hydrogen (secondary N) is 1.